The van der Waals surface area contributed by atoms with Crippen LogP contribution in [-0.4, -0.2) is 31.9 Å². The van der Waals surface area contributed by atoms with Gasteiger partial charge in [-0.05, 0) is 55.9 Å². The van der Waals surface area contributed by atoms with Crippen molar-refractivity contribution in [2.24, 2.45) is 11.7 Å². The summed E-state index contributed by atoms with van der Waals surface area (Å²) in [7, 11) is -3.46. The van der Waals surface area contributed by atoms with Gasteiger partial charge in [0.25, 0.3) is 0 Å². The molecule has 1 heterocycles. The smallest absolute Gasteiger partial charge is 0.243 e. The van der Waals surface area contributed by atoms with E-state index in [0.29, 0.717) is 18.0 Å². The summed E-state index contributed by atoms with van der Waals surface area (Å²) in [4.78, 5) is 0.469. The Morgan fingerprint density at radius 3 is 2.00 bits per heavy atom. The molecule has 2 unspecified atom stereocenters. The molecule has 0 bridgehead atoms. The molecule has 0 amide bonds. The first-order chi connectivity index (χ1) is 9.16. The molecule has 1 aromatic carbocycles. The van der Waals surface area contributed by atoms with Crippen LogP contribution in [-0.2, 0) is 10.0 Å². The first-order valence-corrected chi connectivity index (χ1v) is 8.43. The van der Waals surface area contributed by atoms with Crippen molar-refractivity contribution < 1.29 is 8.42 Å². The van der Waals surface area contributed by atoms with Gasteiger partial charge in [0, 0.05) is 19.1 Å². The first-order valence-electron chi connectivity index (χ1n) is 6.99. The standard InChI is InChI=1S/C15H24N2O2S/c1-9-6-10(2)13(5)15(12(9)4)20(18,19)17-7-11(3)14(16)8-17/h6,11,14H,7-8,16H2,1-5H3. The van der Waals surface area contributed by atoms with Gasteiger partial charge < -0.3 is 5.73 Å². The minimum absolute atomic E-state index is 0.0729. The van der Waals surface area contributed by atoms with Gasteiger partial charge in [-0.3, -0.25) is 0 Å². The topological polar surface area (TPSA) is 63.4 Å². The molecule has 0 aromatic heterocycles. The van der Waals surface area contributed by atoms with Crippen LogP contribution >= 0.6 is 0 Å². The van der Waals surface area contributed by atoms with E-state index in [9.17, 15) is 8.42 Å². The predicted molar refractivity (Wildman–Crippen MR) is 81.3 cm³/mol. The van der Waals surface area contributed by atoms with Gasteiger partial charge in [0.15, 0.2) is 0 Å². The SMILES string of the molecule is Cc1cc(C)c(C)c(S(=O)(=O)N2CC(C)C(N)C2)c1C. The molecule has 5 heteroatoms. The molecule has 20 heavy (non-hydrogen) atoms. The summed E-state index contributed by atoms with van der Waals surface area (Å²) in [5.41, 5.74) is 9.70. The quantitative estimate of drug-likeness (QED) is 0.906. The minimum atomic E-state index is -3.46. The molecule has 2 atom stereocenters. The van der Waals surface area contributed by atoms with Gasteiger partial charge in [0.1, 0.15) is 0 Å². The van der Waals surface area contributed by atoms with Crippen molar-refractivity contribution >= 4 is 10.0 Å². The molecule has 0 radical (unpaired) electrons. The van der Waals surface area contributed by atoms with Crippen LogP contribution in [0.5, 0.6) is 0 Å². The Balaban J connectivity index is 2.56. The van der Waals surface area contributed by atoms with E-state index < -0.39 is 10.0 Å². The van der Waals surface area contributed by atoms with Crippen LogP contribution in [0, 0.1) is 33.6 Å². The highest BCUT2D eigenvalue weighted by Crippen LogP contribution is 2.31. The number of benzene rings is 1. The summed E-state index contributed by atoms with van der Waals surface area (Å²) in [5, 5.41) is 0. The number of hydrogen-bond acceptors (Lipinski definition) is 3. The van der Waals surface area contributed by atoms with Gasteiger partial charge >= 0.3 is 0 Å². The molecule has 2 N–H and O–H groups in total. The van der Waals surface area contributed by atoms with Crippen LogP contribution < -0.4 is 5.73 Å². The molecule has 0 saturated carbocycles. The van der Waals surface area contributed by atoms with Crippen LogP contribution in [0.1, 0.15) is 29.2 Å². The fourth-order valence-corrected chi connectivity index (χ4v) is 4.99. The molecular formula is C15H24N2O2S. The van der Waals surface area contributed by atoms with Crippen molar-refractivity contribution in [2.45, 2.75) is 45.6 Å². The third-order valence-corrected chi connectivity index (χ3v) is 6.64. The van der Waals surface area contributed by atoms with E-state index in [4.69, 9.17) is 5.73 Å². The van der Waals surface area contributed by atoms with E-state index in [1.807, 2.05) is 40.7 Å². The molecule has 0 spiro atoms. The van der Waals surface area contributed by atoms with E-state index >= 15 is 0 Å². The fourth-order valence-electron chi connectivity index (χ4n) is 2.84. The zero-order valence-corrected chi connectivity index (χ0v) is 13.7. The number of aryl methyl sites for hydroxylation is 2. The van der Waals surface area contributed by atoms with Gasteiger partial charge in [-0.2, -0.15) is 4.31 Å². The molecule has 112 valence electrons. The summed E-state index contributed by atoms with van der Waals surface area (Å²) in [6.07, 6.45) is 0. The summed E-state index contributed by atoms with van der Waals surface area (Å²) in [6.45, 7) is 10.6. The highest BCUT2D eigenvalue weighted by molar-refractivity contribution is 7.89. The number of nitrogens with zero attached hydrogens (tertiary/aromatic N) is 1. The second kappa shape index (κ2) is 5.13. The maximum atomic E-state index is 12.9. The van der Waals surface area contributed by atoms with Gasteiger partial charge in [-0.15, -0.1) is 0 Å². The number of nitrogens with two attached hydrogens (primary N) is 1. The largest absolute Gasteiger partial charge is 0.326 e. The van der Waals surface area contributed by atoms with Gasteiger partial charge in [-0.25, -0.2) is 8.42 Å². The predicted octanol–water partition coefficient (Wildman–Crippen LogP) is 1.89. The molecule has 1 fully saturated rings. The molecule has 1 aliphatic rings. The second-order valence-corrected chi connectivity index (χ2v) is 7.93. The Morgan fingerprint density at radius 1 is 1.10 bits per heavy atom. The van der Waals surface area contributed by atoms with Crippen LogP contribution in [0.15, 0.2) is 11.0 Å². The monoisotopic (exact) mass is 296 g/mol. The molecule has 1 saturated heterocycles. The van der Waals surface area contributed by atoms with E-state index in [1.165, 1.54) is 4.31 Å². The summed E-state index contributed by atoms with van der Waals surface area (Å²) in [6, 6.07) is 1.97. The Labute approximate surface area is 122 Å². The maximum Gasteiger partial charge on any atom is 0.243 e. The average Bonchev–Trinajstić information content (AvgIpc) is 2.68. The van der Waals surface area contributed by atoms with Gasteiger partial charge in [-0.1, -0.05) is 13.0 Å². The normalized spacial score (nSPS) is 24.3. The Morgan fingerprint density at radius 2 is 1.60 bits per heavy atom. The molecule has 4 nitrogen and oxygen atoms in total. The van der Waals surface area contributed by atoms with E-state index in [-0.39, 0.29) is 12.0 Å². The van der Waals surface area contributed by atoms with Gasteiger partial charge in [0.05, 0.1) is 4.90 Å². The van der Waals surface area contributed by atoms with Crippen LogP contribution in [0.2, 0.25) is 0 Å². The Kier molecular flexibility index (Phi) is 3.97. The molecule has 1 aliphatic heterocycles. The zero-order valence-electron chi connectivity index (χ0n) is 12.9. The third kappa shape index (κ3) is 2.38. The lowest BCUT2D eigenvalue weighted by molar-refractivity contribution is 0.463. The lowest BCUT2D eigenvalue weighted by atomic mass is 10.0. The maximum absolute atomic E-state index is 12.9. The molecule has 0 aliphatic carbocycles. The van der Waals surface area contributed by atoms with Crippen molar-refractivity contribution in [1.29, 1.82) is 0 Å². The lowest BCUT2D eigenvalue weighted by Gasteiger charge is -2.21. The van der Waals surface area contributed by atoms with Gasteiger partial charge in [0.2, 0.25) is 10.0 Å². The van der Waals surface area contributed by atoms with Crippen molar-refractivity contribution in [3.63, 3.8) is 0 Å². The zero-order chi connectivity index (χ0) is 15.2. The number of hydrogen-bond donors (Lipinski definition) is 1. The van der Waals surface area contributed by atoms with Crippen LogP contribution in [0.3, 0.4) is 0 Å². The fraction of sp³-hybridized carbons (Fsp3) is 0.600. The number of rotatable bonds is 2. The third-order valence-electron chi connectivity index (χ3n) is 4.53. The highest BCUT2D eigenvalue weighted by Gasteiger charge is 2.37. The molecule has 1 aromatic rings. The summed E-state index contributed by atoms with van der Waals surface area (Å²) in [5.74, 6) is 0.205. The number of sulfonamides is 1. The summed E-state index contributed by atoms with van der Waals surface area (Å²) < 4.78 is 27.4. The molecule has 2 rings (SSSR count). The van der Waals surface area contributed by atoms with Crippen molar-refractivity contribution in [2.75, 3.05) is 13.1 Å². The second-order valence-electron chi connectivity index (χ2n) is 6.05. The van der Waals surface area contributed by atoms with Crippen LogP contribution in [0.4, 0.5) is 0 Å². The minimum Gasteiger partial charge on any atom is -0.326 e. The average molecular weight is 296 g/mol. The van der Waals surface area contributed by atoms with E-state index in [0.717, 1.165) is 22.3 Å². The highest BCUT2D eigenvalue weighted by atomic mass is 32.2. The molecular weight excluding hydrogens is 272 g/mol. The van der Waals surface area contributed by atoms with Crippen molar-refractivity contribution in [3.05, 3.63) is 28.3 Å². The van der Waals surface area contributed by atoms with Crippen molar-refractivity contribution in [3.8, 4) is 0 Å². The van der Waals surface area contributed by atoms with E-state index in [1.54, 1.807) is 0 Å². The lowest BCUT2D eigenvalue weighted by Crippen LogP contribution is -2.33. The van der Waals surface area contributed by atoms with Crippen molar-refractivity contribution in [1.82, 2.24) is 4.31 Å². The Hall–Kier alpha value is -0.910. The first kappa shape index (κ1) is 15.5. The summed E-state index contributed by atoms with van der Waals surface area (Å²) >= 11 is 0. The van der Waals surface area contributed by atoms with Crippen LogP contribution in [0.25, 0.3) is 0 Å². The Bertz CT molecular complexity index is 602. The van der Waals surface area contributed by atoms with E-state index in [2.05, 4.69) is 0 Å².